The molecule has 1 N–H and O–H groups in total. The van der Waals surface area contributed by atoms with Gasteiger partial charge in [-0.05, 0) is 52.3 Å². The minimum atomic E-state index is -0.610. The van der Waals surface area contributed by atoms with Crippen LogP contribution in [0, 0.1) is 17.5 Å². The highest BCUT2D eigenvalue weighted by Gasteiger charge is 2.15. The molecule has 0 spiro atoms. The Hall–Kier alpha value is -2.19. The molecule has 24 heavy (non-hydrogen) atoms. The molecule has 3 nitrogen and oxygen atoms in total. The largest absolute Gasteiger partial charge is 0.298 e. The lowest BCUT2D eigenvalue weighted by atomic mass is 10.1. The van der Waals surface area contributed by atoms with Gasteiger partial charge in [-0.15, -0.1) is 11.3 Å². The Labute approximate surface area is 147 Å². The van der Waals surface area contributed by atoms with Crippen molar-refractivity contribution in [2.75, 3.05) is 5.32 Å². The molecule has 0 saturated carbocycles. The van der Waals surface area contributed by atoms with Crippen molar-refractivity contribution in [1.82, 2.24) is 4.98 Å². The van der Waals surface area contributed by atoms with Gasteiger partial charge in [0.2, 0.25) is 0 Å². The molecule has 8 heteroatoms. The summed E-state index contributed by atoms with van der Waals surface area (Å²) in [6.07, 6.45) is 0. The minimum Gasteiger partial charge on any atom is -0.298 e. The van der Waals surface area contributed by atoms with Gasteiger partial charge in [0.1, 0.15) is 17.5 Å². The first kappa shape index (κ1) is 16.7. The summed E-state index contributed by atoms with van der Waals surface area (Å²) in [5.74, 6) is -2.17. The van der Waals surface area contributed by atoms with Gasteiger partial charge in [0.15, 0.2) is 5.13 Å². The maximum Gasteiger partial charge on any atom is 0.258 e. The second-order valence-electron chi connectivity index (χ2n) is 4.74. The average Bonchev–Trinajstić information content (AvgIpc) is 2.97. The summed E-state index contributed by atoms with van der Waals surface area (Å²) in [7, 11) is 0. The lowest BCUT2D eigenvalue weighted by molar-refractivity contribution is 0.102. The summed E-state index contributed by atoms with van der Waals surface area (Å²) in [4.78, 5) is 16.3. The Morgan fingerprint density at radius 2 is 1.79 bits per heavy atom. The highest BCUT2D eigenvalue weighted by molar-refractivity contribution is 9.10. The number of nitrogens with one attached hydrogen (secondary N) is 1. The zero-order chi connectivity index (χ0) is 17.3. The standard InChI is InChI=1S/C16H8BrF3N2OS/c17-12-6-9(19)1-3-10(12)15(23)22-16-21-14(7-24-16)11-5-8(18)2-4-13(11)20/h1-7H,(H,21,22,23). The van der Waals surface area contributed by atoms with Crippen LogP contribution in [0.2, 0.25) is 0 Å². The van der Waals surface area contributed by atoms with Crippen LogP contribution in [0.5, 0.6) is 0 Å². The summed E-state index contributed by atoms with van der Waals surface area (Å²) in [5, 5.41) is 4.27. The molecule has 0 radical (unpaired) electrons. The van der Waals surface area contributed by atoms with Crippen LogP contribution in [-0.2, 0) is 0 Å². The van der Waals surface area contributed by atoms with Crippen molar-refractivity contribution < 1.29 is 18.0 Å². The smallest absolute Gasteiger partial charge is 0.258 e. The second-order valence-corrected chi connectivity index (χ2v) is 6.45. The van der Waals surface area contributed by atoms with Gasteiger partial charge in [0.05, 0.1) is 11.3 Å². The Balaban J connectivity index is 1.83. The maximum atomic E-state index is 13.8. The number of hydrogen-bond donors (Lipinski definition) is 1. The number of rotatable bonds is 3. The zero-order valence-electron chi connectivity index (χ0n) is 11.8. The number of benzene rings is 2. The fourth-order valence-corrected chi connectivity index (χ4v) is 3.22. The lowest BCUT2D eigenvalue weighted by Crippen LogP contribution is -2.12. The van der Waals surface area contributed by atoms with Gasteiger partial charge < -0.3 is 0 Å². The van der Waals surface area contributed by atoms with E-state index in [4.69, 9.17) is 0 Å². The van der Waals surface area contributed by atoms with Crippen molar-refractivity contribution in [3.63, 3.8) is 0 Å². The average molecular weight is 413 g/mol. The highest BCUT2D eigenvalue weighted by atomic mass is 79.9. The Morgan fingerprint density at radius 3 is 2.54 bits per heavy atom. The SMILES string of the molecule is O=C(Nc1nc(-c2cc(F)ccc2F)cs1)c1ccc(F)cc1Br. The van der Waals surface area contributed by atoms with Crippen LogP contribution >= 0.6 is 27.3 Å². The van der Waals surface area contributed by atoms with E-state index in [0.717, 1.165) is 35.6 Å². The Morgan fingerprint density at radius 1 is 1.08 bits per heavy atom. The van der Waals surface area contributed by atoms with Crippen molar-refractivity contribution in [2.45, 2.75) is 0 Å². The van der Waals surface area contributed by atoms with Crippen molar-refractivity contribution in [3.8, 4) is 11.3 Å². The molecule has 2 aromatic carbocycles. The van der Waals surface area contributed by atoms with E-state index in [0.29, 0.717) is 4.47 Å². The van der Waals surface area contributed by atoms with Crippen molar-refractivity contribution in [1.29, 1.82) is 0 Å². The predicted molar refractivity (Wildman–Crippen MR) is 89.5 cm³/mol. The van der Waals surface area contributed by atoms with Crippen LogP contribution in [0.1, 0.15) is 10.4 Å². The van der Waals surface area contributed by atoms with Crippen molar-refractivity contribution in [2.24, 2.45) is 0 Å². The molecule has 1 heterocycles. The van der Waals surface area contributed by atoms with E-state index >= 15 is 0 Å². The molecule has 0 fully saturated rings. The molecule has 3 rings (SSSR count). The highest BCUT2D eigenvalue weighted by Crippen LogP contribution is 2.28. The summed E-state index contributed by atoms with van der Waals surface area (Å²) in [5.41, 5.74) is 0.449. The first-order valence-electron chi connectivity index (χ1n) is 6.61. The van der Waals surface area contributed by atoms with Crippen molar-refractivity contribution in [3.05, 3.63) is 69.3 Å². The summed E-state index contributed by atoms with van der Waals surface area (Å²) in [6, 6.07) is 6.72. The van der Waals surface area contributed by atoms with Crippen LogP contribution in [0.4, 0.5) is 18.3 Å². The molecular formula is C16H8BrF3N2OS. The number of carbonyl (C=O) groups excluding carboxylic acids is 1. The fourth-order valence-electron chi connectivity index (χ4n) is 1.99. The monoisotopic (exact) mass is 412 g/mol. The maximum absolute atomic E-state index is 13.8. The van der Waals surface area contributed by atoms with Crippen LogP contribution in [-0.4, -0.2) is 10.9 Å². The first-order chi connectivity index (χ1) is 11.4. The van der Waals surface area contributed by atoms with E-state index in [1.54, 1.807) is 0 Å². The molecule has 0 atom stereocenters. The molecule has 1 amide bonds. The summed E-state index contributed by atoms with van der Waals surface area (Å²) >= 11 is 4.18. The number of aromatic nitrogens is 1. The number of amides is 1. The fraction of sp³-hybridized carbons (Fsp3) is 0. The Bertz CT molecular complexity index is 929. The van der Waals surface area contributed by atoms with E-state index in [2.05, 4.69) is 26.2 Å². The van der Waals surface area contributed by atoms with Gasteiger partial charge in [-0.2, -0.15) is 0 Å². The number of anilines is 1. The van der Waals surface area contributed by atoms with Gasteiger partial charge >= 0.3 is 0 Å². The molecule has 0 saturated heterocycles. The molecule has 122 valence electrons. The number of nitrogens with zero attached hydrogens (tertiary/aromatic N) is 1. The molecule has 3 aromatic rings. The van der Waals surface area contributed by atoms with Gasteiger partial charge in [-0.25, -0.2) is 18.2 Å². The van der Waals surface area contributed by atoms with Gasteiger partial charge in [0, 0.05) is 15.4 Å². The molecule has 0 aliphatic rings. The third-order valence-corrected chi connectivity index (χ3v) is 4.52. The number of thiazole rings is 1. The van der Waals surface area contributed by atoms with Gasteiger partial charge in [-0.3, -0.25) is 10.1 Å². The van der Waals surface area contributed by atoms with E-state index in [-0.39, 0.29) is 22.0 Å². The van der Waals surface area contributed by atoms with Crippen molar-refractivity contribution >= 4 is 38.3 Å². The predicted octanol–water partition coefficient (Wildman–Crippen LogP) is 5.24. The third-order valence-electron chi connectivity index (χ3n) is 3.10. The van der Waals surface area contributed by atoms with Crippen LogP contribution in [0.3, 0.4) is 0 Å². The molecule has 0 aliphatic carbocycles. The van der Waals surface area contributed by atoms with E-state index in [1.165, 1.54) is 17.5 Å². The lowest BCUT2D eigenvalue weighted by Gasteiger charge is -2.04. The number of carbonyl (C=O) groups is 1. The minimum absolute atomic E-state index is 0.00899. The summed E-state index contributed by atoms with van der Waals surface area (Å²) in [6.45, 7) is 0. The zero-order valence-corrected chi connectivity index (χ0v) is 14.2. The van der Waals surface area contributed by atoms with E-state index in [9.17, 15) is 18.0 Å². The molecular weight excluding hydrogens is 405 g/mol. The topological polar surface area (TPSA) is 42.0 Å². The Kier molecular flexibility index (Phi) is 4.68. The second kappa shape index (κ2) is 6.74. The molecule has 1 aromatic heterocycles. The van der Waals surface area contributed by atoms with Crippen LogP contribution in [0.15, 0.2) is 46.3 Å². The number of halogens is 4. The summed E-state index contributed by atoms with van der Waals surface area (Å²) < 4.78 is 40.4. The van der Waals surface area contributed by atoms with E-state index in [1.807, 2.05) is 0 Å². The van der Waals surface area contributed by atoms with Crippen LogP contribution < -0.4 is 5.32 Å². The first-order valence-corrected chi connectivity index (χ1v) is 8.28. The third kappa shape index (κ3) is 3.49. The normalized spacial score (nSPS) is 10.7. The number of hydrogen-bond acceptors (Lipinski definition) is 3. The van der Waals surface area contributed by atoms with Crippen LogP contribution in [0.25, 0.3) is 11.3 Å². The van der Waals surface area contributed by atoms with Gasteiger partial charge in [0.25, 0.3) is 5.91 Å². The molecule has 0 unspecified atom stereocenters. The molecule has 0 bridgehead atoms. The quantitative estimate of drug-likeness (QED) is 0.638. The molecule has 0 aliphatic heterocycles. The van der Waals surface area contributed by atoms with E-state index < -0.39 is 23.4 Å². The van der Waals surface area contributed by atoms with Gasteiger partial charge in [-0.1, -0.05) is 0 Å².